The summed E-state index contributed by atoms with van der Waals surface area (Å²) >= 11 is 1.55. The van der Waals surface area contributed by atoms with E-state index in [1.54, 1.807) is 11.8 Å². The van der Waals surface area contributed by atoms with Crippen molar-refractivity contribution in [2.45, 2.75) is 23.9 Å². The lowest BCUT2D eigenvalue weighted by molar-refractivity contribution is -0.137. The number of hydrogen-bond donors (Lipinski definition) is 2. The maximum Gasteiger partial charge on any atom is 0.416 e. The predicted octanol–water partition coefficient (Wildman–Crippen LogP) is 3.38. The number of nitrogens with two attached hydrogens (primary N) is 1. The molecule has 1 fully saturated rings. The highest BCUT2D eigenvalue weighted by Crippen LogP contribution is 2.35. The van der Waals surface area contributed by atoms with Crippen molar-refractivity contribution in [3.8, 4) is 0 Å². The van der Waals surface area contributed by atoms with E-state index in [0.717, 1.165) is 48.7 Å². The Morgan fingerprint density at radius 2 is 1.95 bits per heavy atom. The SMILES string of the molecule is Nc1cc(C(F)(F)F)ccc1SCC1CCNCC1. The van der Waals surface area contributed by atoms with Gasteiger partial charge in [-0.05, 0) is 50.0 Å². The quantitative estimate of drug-likeness (QED) is 0.662. The molecule has 0 aromatic heterocycles. The monoisotopic (exact) mass is 290 g/mol. The molecule has 0 aliphatic carbocycles. The van der Waals surface area contributed by atoms with Crippen LogP contribution in [0.2, 0.25) is 0 Å². The molecule has 1 aliphatic heterocycles. The van der Waals surface area contributed by atoms with Crippen LogP contribution in [0.5, 0.6) is 0 Å². The Bertz CT molecular complexity index is 428. The molecule has 1 aromatic rings. The van der Waals surface area contributed by atoms with E-state index in [1.807, 2.05) is 0 Å². The summed E-state index contributed by atoms with van der Waals surface area (Å²) in [4.78, 5) is 0.742. The van der Waals surface area contributed by atoms with Gasteiger partial charge >= 0.3 is 6.18 Å². The second-order valence-corrected chi connectivity index (χ2v) is 5.82. The molecule has 6 heteroatoms. The molecule has 0 bridgehead atoms. The highest BCUT2D eigenvalue weighted by Gasteiger charge is 2.30. The van der Waals surface area contributed by atoms with Crippen LogP contribution in [0.15, 0.2) is 23.1 Å². The molecule has 2 nitrogen and oxygen atoms in total. The molecule has 1 saturated heterocycles. The zero-order valence-corrected chi connectivity index (χ0v) is 11.3. The molecular weight excluding hydrogens is 273 g/mol. The van der Waals surface area contributed by atoms with E-state index in [-0.39, 0.29) is 5.69 Å². The van der Waals surface area contributed by atoms with Gasteiger partial charge in [0, 0.05) is 16.3 Å². The van der Waals surface area contributed by atoms with Crippen LogP contribution in [0, 0.1) is 5.92 Å². The topological polar surface area (TPSA) is 38.0 Å². The molecule has 0 spiro atoms. The summed E-state index contributed by atoms with van der Waals surface area (Å²) in [6.07, 6.45) is -2.09. The normalized spacial score (nSPS) is 17.6. The Morgan fingerprint density at radius 3 is 2.53 bits per heavy atom. The lowest BCUT2D eigenvalue weighted by atomic mass is 10.0. The molecule has 19 heavy (non-hydrogen) atoms. The van der Waals surface area contributed by atoms with Crippen molar-refractivity contribution in [1.29, 1.82) is 0 Å². The van der Waals surface area contributed by atoms with Crippen LogP contribution in [-0.2, 0) is 6.18 Å². The third-order valence-corrected chi connectivity index (χ3v) is 4.59. The van der Waals surface area contributed by atoms with Crippen LogP contribution in [0.3, 0.4) is 0 Å². The molecule has 106 valence electrons. The molecule has 0 saturated carbocycles. The van der Waals surface area contributed by atoms with Gasteiger partial charge in [-0.15, -0.1) is 11.8 Å². The summed E-state index contributed by atoms with van der Waals surface area (Å²) in [5, 5.41) is 3.29. The first kappa shape index (κ1) is 14.5. The molecule has 0 atom stereocenters. The lowest BCUT2D eigenvalue weighted by Crippen LogP contribution is -2.28. The minimum Gasteiger partial charge on any atom is -0.398 e. The van der Waals surface area contributed by atoms with Gasteiger partial charge < -0.3 is 11.1 Å². The molecule has 1 heterocycles. The Labute approximate surface area is 114 Å². The molecule has 1 aromatic carbocycles. The van der Waals surface area contributed by atoms with Gasteiger partial charge in [-0.25, -0.2) is 0 Å². The van der Waals surface area contributed by atoms with E-state index in [1.165, 1.54) is 6.07 Å². The zero-order chi connectivity index (χ0) is 13.9. The highest BCUT2D eigenvalue weighted by atomic mass is 32.2. The summed E-state index contributed by atoms with van der Waals surface area (Å²) in [6, 6.07) is 3.59. The number of anilines is 1. The van der Waals surface area contributed by atoms with Gasteiger partial charge in [0.2, 0.25) is 0 Å². The molecular formula is C13H17F3N2S. The predicted molar refractivity (Wildman–Crippen MR) is 72.2 cm³/mol. The van der Waals surface area contributed by atoms with Gasteiger partial charge in [-0.1, -0.05) is 0 Å². The average molecular weight is 290 g/mol. The minimum absolute atomic E-state index is 0.216. The van der Waals surface area contributed by atoms with Crippen molar-refractivity contribution < 1.29 is 13.2 Å². The second-order valence-electron chi connectivity index (χ2n) is 4.75. The van der Waals surface area contributed by atoms with E-state index >= 15 is 0 Å². The van der Waals surface area contributed by atoms with Crippen LogP contribution < -0.4 is 11.1 Å². The number of halogens is 3. The van der Waals surface area contributed by atoms with E-state index in [2.05, 4.69) is 5.32 Å². The van der Waals surface area contributed by atoms with Crippen molar-refractivity contribution in [1.82, 2.24) is 5.32 Å². The molecule has 2 rings (SSSR count). The van der Waals surface area contributed by atoms with Crippen molar-refractivity contribution in [3.63, 3.8) is 0 Å². The van der Waals surface area contributed by atoms with Crippen LogP contribution in [0.25, 0.3) is 0 Å². The standard InChI is InChI=1S/C13H17F3N2S/c14-13(15,16)10-1-2-12(11(17)7-10)19-8-9-3-5-18-6-4-9/h1-2,7,9,18H,3-6,8,17H2. The number of benzene rings is 1. The van der Waals surface area contributed by atoms with Crippen LogP contribution >= 0.6 is 11.8 Å². The largest absolute Gasteiger partial charge is 0.416 e. The van der Waals surface area contributed by atoms with Crippen molar-refractivity contribution in [2.24, 2.45) is 5.92 Å². The van der Waals surface area contributed by atoms with Crippen molar-refractivity contribution in [2.75, 3.05) is 24.6 Å². The Balaban J connectivity index is 1.97. The third kappa shape index (κ3) is 4.04. The van der Waals surface area contributed by atoms with E-state index in [0.29, 0.717) is 5.92 Å². The molecule has 3 N–H and O–H groups in total. The first-order chi connectivity index (χ1) is 8.97. The van der Waals surface area contributed by atoms with Gasteiger partial charge in [0.05, 0.1) is 5.56 Å². The highest BCUT2D eigenvalue weighted by molar-refractivity contribution is 7.99. The first-order valence-electron chi connectivity index (χ1n) is 6.27. The Hall–Kier alpha value is -0.880. The fraction of sp³-hybridized carbons (Fsp3) is 0.538. The van der Waals surface area contributed by atoms with Crippen LogP contribution in [0.1, 0.15) is 18.4 Å². The zero-order valence-electron chi connectivity index (χ0n) is 10.5. The Kier molecular flexibility index (Phi) is 4.62. The van der Waals surface area contributed by atoms with Gasteiger partial charge in [-0.2, -0.15) is 13.2 Å². The average Bonchev–Trinajstić information content (AvgIpc) is 2.37. The number of piperidine rings is 1. The molecule has 0 amide bonds. The van der Waals surface area contributed by atoms with E-state index in [4.69, 9.17) is 5.73 Å². The number of rotatable bonds is 3. The second kappa shape index (κ2) is 6.05. The number of nitrogen functional groups attached to an aromatic ring is 1. The molecule has 0 unspecified atom stereocenters. The fourth-order valence-corrected chi connectivity index (χ4v) is 3.25. The number of nitrogens with one attached hydrogen (secondary N) is 1. The maximum atomic E-state index is 12.5. The lowest BCUT2D eigenvalue weighted by Gasteiger charge is -2.22. The molecule has 1 aliphatic rings. The minimum atomic E-state index is -4.33. The number of alkyl halides is 3. The third-order valence-electron chi connectivity index (χ3n) is 3.27. The molecule has 0 radical (unpaired) electrons. The van der Waals surface area contributed by atoms with Gasteiger partial charge in [0.1, 0.15) is 0 Å². The first-order valence-corrected chi connectivity index (χ1v) is 7.25. The van der Waals surface area contributed by atoms with Gasteiger partial charge in [0.15, 0.2) is 0 Å². The van der Waals surface area contributed by atoms with Crippen molar-refractivity contribution in [3.05, 3.63) is 23.8 Å². The van der Waals surface area contributed by atoms with E-state index < -0.39 is 11.7 Å². The maximum absolute atomic E-state index is 12.5. The van der Waals surface area contributed by atoms with Gasteiger partial charge in [0.25, 0.3) is 0 Å². The van der Waals surface area contributed by atoms with Crippen LogP contribution in [-0.4, -0.2) is 18.8 Å². The smallest absolute Gasteiger partial charge is 0.398 e. The number of thioether (sulfide) groups is 1. The number of hydrogen-bond acceptors (Lipinski definition) is 3. The van der Waals surface area contributed by atoms with Crippen molar-refractivity contribution >= 4 is 17.4 Å². The summed E-state index contributed by atoms with van der Waals surface area (Å²) in [5.74, 6) is 1.53. The summed E-state index contributed by atoms with van der Waals surface area (Å²) in [5.41, 5.74) is 5.23. The summed E-state index contributed by atoms with van der Waals surface area (Å²) in [6.45, 7) is 2.04. The fourth-order valence-electron chi connectivity index (χ4n) is 2.11. The van der Waals surface area contributed by atoms with Gasteiger partial charge in [-0.3, -0.25) is 0 Å². The Morgan fingerprint density at radius 1 is 1.26 bits per heavy atom. The van der Waals surface area contributed by atoms with Crippen LogP contribution in [0.4, 0.5) is 18.9 Å². The summed E-state index contributed by atoms with van der Waals surface area (Å²) in [7, 11) is 0. The summed E-state index contributed by atoms with van der Waals surface area (Å²) < 4.78 is 37.5. The van der Waals surface area contributed by atoms with E-state index in [9.17, 15) is 13.2 Å².